The number of nitro groups is 1. The van der Waals surface area contributed by atoms with Crippen molar-refractivity contribution in [2.75, 3.05) is 0 Å². The summed E-state index contributed by atoms with van der Waals surface area (Å²) in [7, 11) is 0. The van der Waals surface area contributed by atoms with E-state index < -0.39 is 10.9 Å². The van der Waals surface area contributed by atoms with Crippen molar-refractivity contribution < 1.29 is 19.2 Å². The van der Waals surface area contributed by atoms with Crippen molar-refractivity contribution in [1.29, 1.82) is 0 Å². The maximum atomic E-state index is 12.3. The molecule has 1 unspecified atom stereocenters. The van der Waals surface area contributed by atoms with Crippen molar-refractivity contribution in [2.24, 2.45) is 0 Å². The summed E-state index contributed by atoms with van der Waals surface area (Å²) in [5, 5.41) is 10.6. The predicted molar refractivity (Wildman–Crippen MR) is 80.1 cm³/mol. The van der Waals surface area contributed by atoms with Crippen molar-refractivity contribution in [3.8, 4) is 0 Å². The number of β-lactam (4-membered cyclic amide) rings is 1. The van der Waals surface area contributed by atoms with Gasteiger partial charge in [0.25, 0.3) is 5.69 Å². The van der Waals surface area contributed by atoms with Crippen molar-refractivity contribution in [2.45, 2.75) is 38.8 Å². The number of non-ortho nitro benzene ring substituents is 1. The van der Waals surface area contributed by atoms with Crippen LogP contribution in [0.3, 0.4) is 0 Å². The monoisotopic (exact) mass is 316 g/mol. The molecule has 2 heterocycles. The van der Waals surface area contributed by atoms with E-state index in [9.17, 15) is 19.7 Å². The number of ether oxygens (including phenoxy) is 1. The molecule has 0 aromatic heterocycles. The molecule has 1 atom stereocenters. The molecule has 0 saturated carbocycles. The predicted octanol–water partition coefficient (Wildman–Crippen LogP) is 2.31. The zero-order valence-electron chi connectivity index (χ0n) is 12.7. The molecule has 120 valence electrons. The van der Waals surface area contributed by atoms with Crippen LogP contribution in [0.15, 0.2) is 35.5 Å². The van der Waals surface area contributed by atoms with Gasteiger partial charge in [-0.3, -0.25) is 14.9 Å². The molecule has 23 heavy (non-hydrogen) atoms. The Bertz CT molecular complexity index is 708. The Labute approximate surface area is 132 Å². The fourth-order valence-corrected chi connectivity index (χ4v) is 2.99. The highest BCUT2D eigenvalue weighted by atomic mass is 16.6. The molecule has 0 aliphatic carbocycles. The van der Waals surface area contributed by atoms with Crippen LogP contribution in [0.2, 0.25) is 0 Å². The maximum absolute atomic E-state index is 12.3. The first kappa shape index (κ1) is 15.2. The van der Waals surface area contributed by atoms with E-state index in [2.05, 4.69) is 0 Å². The Balaban J connectivity index is 1.67. The van der Waals surface area contributed by atoms with Gasteiger partial charge in [-0.1, -0.05) is 6.92 Å². The molecule has 1 fully saturated rings. The third-order valence-electron chi connectivity index (χ3n) is 4.24. The Morgan fingerprint density at radius 2 is 2.04 bits per heavy atom. The number of benzene rings is 1. The van der Waals surface area contributed by atoms with E-state index >= 15 is 0 Å². The number of nitrogens with zero attached hydrogens (tertiary/aromatic N) is 2. The van der Waals surface area contributed by atoms with E-state index in [0.717, 1.165) is 12.0 Å². The minimum absolute atomic E-state index is 0.0131. The second-order valence-electron chi connectivity index (χ2n) is 5.63. The van der Waals surface area contributed by atoms with Gasteiger partial charge >= 0.3 is 5.97 Å². The molecule has 2 aliphatic rings. The van der Waals surface area contributed by atoms with Crippen molar-refractivity contribution >= 4 is 17.6 Å². The van der Waals surface area contributed by atoms with E-state index in [-0.39, 0.29) is 24.2 Å². The van der Waals surface area contributed by atoms with Crippen LogP contribution >= 0.6 is 0 Å². The summed E-state index contributed by atoms with van der Waals surface area (Å²) in [4.78, 5) is 35.7. The summed E-state index contributed by atoms with van der Waals surface area (Å²) in [6.45, 7) is 1.97. The summed E-state index contributed by atoms with van der Waals surface area (Å²) in [5.41, 5.74) is 1.98. The molecular weight excluding hydrogens is 300 g/mol. The third-order valence-corrected chi connectivity index (χ3v) is 4.24. The standard InChI is InChI=1S/C16H16N2O5/c1-2-11-7-13-8-14(19)17(13)15(11)16(20)23-9-10-3-5-12(6-4-10)18(21)22/h3-6,13H,2,7-9H2,1H3. The topological polar surface area (TPSA) is 89.8 Å². The highest BCUT2D eigenvalue weighted by molar-refractivity contribution is 5.99. The summed E-state index contributed by atoms with van der Waals surface area (Å²) in [6.07, 6.45) is 1.94. The fourth-order valence-electron chi connectivity index (χ4n) is 2.99. The Morgan fingerprint density at radius 3 is 2.61 bits per heavy atom. The van der Waals surface area contributed by atoms with Crippen LogP contribution in [0.5, 0.6) is 0 Å². The lowest BCUT2D eigenvalue weighted by Gasteiger charge is -2.35. The van der Waals surface area contributed by atoms with Crippen LogP contribution < -0.4 is 0 Å². The number of hydrogen-bond donors (Lipinski definition) is 0. The third kappa shape index (κ3) is 2.69. The van der Waals surface area contributed by atoms with Crippen LogP contribution in [-0.2, 0) is 20.9 Å². The molecule has 0 N–H and O–H groups in total. The van der Waals surface area contributed by atoms with Crippen LogP contribution in [0.1, 0.15) is 31.7 Å². The lowest BCUT2D eigenvalue weighted by atomic mass is 10.0. The molecule has 0 spiro atoms. The quantitative estimate of drug-likeness (QED) is 0.360. The van der Waals surface area contributed by atoms with E-state index in [1.807, 2.05) is 6.92 Å². The van der Waals surface area contributed by atoms with Gasteiger partial charge in [0, 0.05) is 24.6 Å². The number of esters is 1. The summed E-state index contributed by atoms with van der Waals surface area (Å²) in [5.74, 6) is -0.545. The van der Waals surface area contributed by atoms with Gasteiger partial charge in [-0.25, -0.2) is 4.79 Å². The van der Waals surface area contributed by atoms with E-state index in [0.29, 0.717) is 24.1 Å². The SMILES string of the molecule is CCC1=C(C(=O)OCc2ccc([N+](=O)[O-])cc2)N2C(=O)CC2C1. The first-order valence-electron chi connectivity index (χ1n) is 7.45. The molecular formula is C16H16N2O5. The molecule has 7 nitrogen and oxygen atoms in total. The van der Waals surface area contributed by atoms with Gasteiger partial charge in [-0.05, 0) is 36.1 Å². The Morgan fingerprint density at radius 1 is 1.35 bits per heavy atom. The minimum atomic E-state index is -0.504. The lowest BCUT2D eigenvalue weighted by Crippen LogP contribution is -2.49. The molecule has 1 aromatic rings. The van der Waals surface area contributed by atoms with E-state index in [1.54, 1.807) is 12.1 Å². The Hall–Kier alpha value is -2.70. The van der Waals surface area contributed by atoms with Crippen molar-refractivity contribution in [1.82, 2.24) is 4.90 Å². The lowest BCUT2D eigenvalue weighted by molar-refractivity contribution is -0.384. The molecule has 0 bridgehead atoms. The largest absolute Gasteiger partial charge is 0.456 e. The Kier molecular flexibility index (Phi) is 3.85. The summed E-state index contributed by atoms with van der Waals surface area (Å²) >= 11 is 0. The van der Waals surface area contributed by atoms with Gasteiger partial charge in [0.05, 0.1) is 4.92 Å². The molecule has 1 amide bonds. The zero-order chi connectivity index (χ0) is 16.6. The number of nitro benzene ring substituents is 1. The number of rotatable bonds is 5. The summed E-state index contributed by atoms with van der Waals surface area (Å²) < 4.78 is 5.28. The number of amides is 1. The highest BCUT2D eigenvalue weighted by Gasteiger charge is 2.47. The zero-order valence-corrected chi connectivity index (χ0v) is 12.7. The van der Waals surface area contributed by atoms with Gasteiger partial charge in [0.1, 0.15) is 12.3 Å². The van der Waals surface area contributed by atoms with Gasteiger partial charge in [-0.15, -0.1) is 0 Å². The molecule has 2 aliphatic heterocycles. The molecule has 1 saturated heterocycles. The smallest absolute Gasteiger partial charge is 0.355 e. The number of carbonyl (C=O) groups is 2. The van der Waals surface area contributed by atoms with Gasteiger partial charge in [0.15, 0.2) is 0 Å². The average Bonchev–Trinajstić information content (AvgIpc) is 2.85. The number of fused-ring (bicyclic) bond motifs is 1. The van der Waals surface area contributed by atoms with Crippen LogP contribution in [0.4, 0.5) is 5.69 Å². The second-order valence-corrected chi connectivity index (χ2v) is 5.63. The van der Waals surface area contributed by atoms with Crippen LogP contribution in [0, 0.1) is 10.1 Å². The molecule has 1 aromatic carbocycles. The number of hydrogen-bond acceptors (Lipinski definition) is 5. The minimum Gasteiger partial charge on any atom is -0.456 e. The molecule has 3 rings (SSSR count). The maximum Gasteiger partial charge on any atom is 0.355 e. The average molecular weight is 316 g/mol. The first-order valence-corrected chi connectivity index (χ1v) is 7.45. The second kappa shape index (κ2) is 5.83. The normalized spacial score (nSPS) is 19.4. The summed E-state index contributed by atoms with van der Waals surface area (Å²) in [6, 6.07) is 5.94. The molecule has 7 heteroatoms. The molecule has 0 radical (unpaired) electrons. The van der Waals surface area contributed by atoms with E-state index in [1.165, 1.54) is 17.0 Å². The number of carbonyl (C=O) groups excluding carboxylic acids is 2. The van der Waals surface area contributed by atoms with E-state index in [4.69, 9.17) is 4.74 Å². The van der Waals surface area contributed by atoms with Crippen molar-refractivity contribution in [3.63, 3.8) is 0 Å². The van der Waals surface area contributed by atoms with Crippen molar-refractivity contribution in [3.05, 3.63) is 51.2 Å². The van der Waals surface area contributed by atoms with Gasteiger partial charge in [0.2, 0.25) is 5.91 Å². The van der Waals surface area contributed by atoms with Crippen LogP contribution in [0.25, 0.3) is 0 Å². The fraction of sp³-hybridized carbons (Fsp3) is 0.375. The van der Waals surface area contributed by atoms with Gasteiger partial charge in [-0.2, -0.15) is 0 Å². The van der Waals surface area contributed by atoms with Gasteiger partial charge < -0.3 is 9.64 Å². The first-order chi connectivity index (χ1) is 11.0. The van der Waals surface area contributed by atoms with Crippen LogP contribution in [-0.4, -0.2) is 27.7 Å². The highest BCUT2D eigenvalue weighted by Crippen LogP contribution is 2.39.